The average Bonchev–Trinajstić information content (AvgIpc) is 3.47. The van der Waals surface area contributed by atoms with Crippen LogP contribution in [-0.2, 0) is 77.9 Å². The van der Waals surface area contributed by atoms with E-state index in [0.717, 1.165) is 33.3 Å². The maximum Gasteiger partial charge on any atom is 0.378 e. The second-order valence-corrected chi connectivity index (χ2v) is 10.8. The number of rotatable bonds is 11. The molecule has 0 spiro atoms. The molecule has 3 heterocycles. The minimum absolute atomic E-state index is 0.00567. The van der Waals surface area contributed by atoms with E-state index >= 15 is 0 Å². The molecule has 0 radical (unpaired) electrons. The van der Waals surface area contributed by atoms with Crippen LogP contribution < -0.4 is 0 Å². The van der Waals surface area contributed by atoms with Crippen LogP contribution in [0.1, 0.15) is 47.1 Å². The van der Waals surface area contributed by atoms with Crippen molar-refractivity contribution in [3.63, 3.8) is 0 Å². The number of ether oxygens (including phenoxy) is 10. The van der Waals surface area contributed by atoms with Crippen LogP contribution in [0.25, 0.3) is 0 Å². The lowest BCUT2D eigenvalue weighted by atomic mass is 9.98. The van der Waals surface area contributed by atoms with E-state index < -0.39 is 90.9 Å². The predicted octanol–water partition coefficient (Wildman–Crippen LogP) is 1.59. The highest BCUT2D eigenvalue weighted by atomic mass is 16.8. The molecule has 15 heteroatoms. The van der Waals surface area contributed by atoms with Gasteiger partial charge in [-0.1, -0.05) is 30.3 Å². The van der Waals surface area contributed by atoms with E-state index in [1.807, 2.05) is 30.3 Å². The Labute approximate surface area is 258 Å². The minimum Gasteiger partial charge on any atom is -0.485 e. The maximum atomic E-state index is 13.3. The number of hydrogen-bond acceptors (Lipinski definition) is 15. The monoisotopic (exact) mass is 636 g/mol. The van der Waals surface area contributed by atoms with Crippen molar-refractivity contribution in [2.45, 2.75) is 96.9 Å². The summed E-state index contributed by atoms with van der Waals surface area (Å²) >= 11 is 0. The summed E-state index contributed by atoms with van der Waals surface area (Å²) in [6, 6.07) is 9.08. The second kappa shape index (κ2) is 14.3. The normalized spacial score (nSPS) is 28.9. The van der Waals surface area contributed by atoms with Gasteiger partial charge in [-0.3, -0.25) is 19.2 Å². The van der Waals surface area contributed by atoms with Gasteiger partial charge in [0.15, 0.2) is 29.9 Å². The highest BCUT2D eigenvalue weighted by molar-refractivity contribution is 5.89. The summed E-state index contributed by atoms with van der Waals surface area (Å²) in [5.74, 6) is -5.56. The Balaban J connectivity index is 1.74. The van der Waals surface area contributed by atoms with Crippen molar-refractivity contribution in [3.05, 3.63) is 47.4 Å². The van der Waals surface area contributed by atoms with Crippen molar-refractivity contribution in [1.82, 2.24) is 0 Å². The van der Waals surface area contributed by atoms with E-state index in [0.29, 0.717) is 0 Å². The van der Waals surface area contributed by atoms with E-state index in [-0.39, 0.29) is 19.0 Å². The first-order chi connectivity index (χ1) is 21.2. The van der Waals surface area contributed by atoms with Crippen molar-refractivity contribution in [2.24, 2.45) is 0 Å². The molecule has 2 unspecified atom stereocenters. The fourth-order valence-electron chi connectivity index (χ4n) is 4.95. The number of carbonyl (C=O) groups excluding carboxylic acids is 5. The highest BCUT2D eigenvalue weighted by Gasteiger charge is 2.55. The Morgan fingerprint density at radius 2 is 1.49 bits per heavy atom. The Morgan fingerprint density at radius 3 is 2.07 bits per heavy atom. The Kier molecular flexibility index (Phi) is 10.7. The van der Waals surface area contributed by atoms with Gasteiger partial charge in [-0.25, -0.2) is 4.79 Å². The summed E-state index contributed by atoms with van der Waals surface area (Å²) in [5.41, 5.74) is 0.763. The lowest BCUT2D eigenvalue weighted by molar-refractivity contribution is -0.300. The molecule has 3 aliphatic rings. The number of carbonyl (C=O) groups is 5. The van der Waals surface area contributed by atoms with Crippen LogP contribution in [0.4, 0.5) is 0 Å². The second-order valence-electron chi connectivity index (χ2n) is 10.8. The molecule has 4 rings (SSSR count). The summed E-state index contributed by atoms with van der Waals surface area (Å²) in [6.07, 6.45) is -9.34. The van der Waals surface area contributed by atoms with E-state index in [1.165, 1.54) is 0 Å². The van der Waals surface area contributed by atoms with Crippen LogP contribution in [-0.4, -0.2) is 91.8 Å². The molecule has 2 saturated heterocycles. The standard InChI is InChI=1S/C30H36O15/c1-15(31)36-13-20-22(39-16(2)32)25(40-17(3)33)27(41-18(4)34)29(42-20)44-26-24(37-12-19-10-8-7-9-11-19)23(43-28(26)35)21-14-38-30(5,6)45-21/h7-11,20-23,25,27,29H,12-14H2,1-6H3/t20-,21?,22-,23?,25+,27-,29+/m1/s1. The molecule has 2 fully saturated rings. The lowest BCUT2D eigenvalue weighted by Crippen LogP contribution is -2.63. The van der Waals surface area contributed by atoms with Gasteiger partial charge in [0.2, 0.25) is 18.2 Å². The molecule has 45 heavy (non-hydrogen) atoms. The molecule has 1 aromatic carbocycles. The largest absolute Gasteiger partial charge is 0.485 e. The van der Waals surface area contributed by atoms with E-state index in [9.17, 15) is 24.0 Å². The molecule has 0 saturated carbocycles. The molecular formula is C30H36O15. The number of hydrogen-bond donors (Lipinski definition) is 0. The Hall–Kier alpha value is -4.21. The van der Waals surface area contributed by atoms with Crippen molar-refractivity contribution in [3.8, 4) is 0 Å². The zero-order chi connectivity index (χ0) is 32.9. The van der Waals surface area contributed by atoms with Crippen molar-refractivity contribution in [1.29, 1.82) is 0 Å². The number of esters is 5. The molecular weight excluding hydrogens is 600 g/mol. The smallest absolute Gasteiger partial charge is 0.378 e. The molecule has 246 valence electrons. The van der Waals surface area contributed by atoms with Gasteiger partial charge in [0.1, 0.15) is 25.4 Å². The summed E-state index contributed by atoms with van der Waals surface area (Å²) in [5, 5.41) is 0. The van der Waals surface area contributed by atoms with Gasteiger partial charge < -0.3 is 47.4 Å². The average molecular weight is 637 g/mol. The van der Waals surface area contributed by atoms with Crippen LogP contribution in [0.15, 0.2) is 41.9 Å². The van der Waals surface area contributed by atoms with Gasteiger partial charge in [-0.05, 0) is 19.4 Å². The van der Waals surface area contributed by atoms with E-state index in [4.69, 9.17) is 47.4 Å². The zero-order valence-corrected chi connectivity index (χ0v) is 25.7. The summed E-state index contributed by atoms with van der Waals surface area (Å²) in [4.78, 5) is 61.4. The van der Waals surface area contributed by atoms with Crippen LogP contribution in [0.5, 0.6) is 0 Å². The third kappa shape index (κ3) is 8.71. The third-order valence-electron chi connectivity index (χ3n) is 6.69. The molecule has 0 bridgehead atoms. The number of benzene rings is 1. The summed E-state index contributed by atoms with van der Waals surface area (Å²) in [6.45, 7) is 7.41. The first-order valence-electron chi connectivity index (χ1n) is 14.1. The molecule has 1 aromatic rings. The molecule has 0 aromatic heterocycles. The maximum absolute atomic E-state index is 13.3. The van der Waals surface area contributed by atoms with Crippen LogP contribution >= 0.6 is 0 Å². The topological polar surface area (TPSA) is 178 Å². The van der Waals surface area contributed by atoms with Gasteiger partial charge in [0.05, 0.1) is 6.61 Å². The van der Waals surface area contributed by atoms with Crippen LogP contribution in [0.2, 0.25) is 0 Å². The molecule has 15 nitrogen and oxygen atoms in total. The van der Waals surface area contributed by atoms with Crippen LogP contribution in [0.3, 0.4) is 0 Å². The fraction of sp³-hybridized carbons (Fsp3) is 0.567. The third-order valence-corrected chi connectivity index (χ3v) is 6.69. The van der Waals surface area contributed by atoms with Gasteiger partial charge in [0, 0.05) is 27.7 Å². The molecule has 0 aliphatic carbocycles. The highest BCUT2D eigenvalue weighted by Crippen LogP contribution is 2.37. The fourth-order valence-corrected chi connectivity index (χ4v) is 4.95. The predicted molar refractivity (Wildman–Crippen MR) is 146 cm³/mol. The van der Waals surface area contributed by atoms with Crippen molar-refractivity contribution < 1.29 is 71.3 Å². The molecule has 0 amide bonds. The Bertz CT molecular complexity index is 1310. The molecule has 7 atom stereocenters. The van der Waals surface area contributed by atoms with Crippen LogP contribution in [0, 0.1) is 0 Å². The van der Waals surface area contributed by atoms with Gasteiger partial charge in [-0.2, -0.15) is 0 Å². The summed E-state index contributed by atoms with van der Waals surface area (Å²) in [7, 11) is 0. The van der Waals surface area contributed by atoms with Gasteiger partial charge in [-0.15, -0.1) is 0 Å². The zero-order valence-electron chi connectivity index (χ0n) is 25.7. The van der Waals surface area contributed by atoms with Crippen molar-refractivity contribution in [2.75, 3.05) is 13.2 Å². The van der Waals surface area contributed by atoms with Gasteiger partial charge in [0.25, 0.3) is 0 Å². The SMILES string of the molecule is CC(=O)OC[C@H]1O[C@@H](OC2=C(OCc3ccccc3)C(C3COC(C)(C)O3)OC2=O)[C@H](OC(C)=O)[C@@H](OC(C)=O)[C@@H]1OC(C)=O. The quantitative estimate of drug-likeness (QED) is 0.252. The molecule has 0 N–H and O–H groups in total. The van der Waals surface area contributed by atoms with E-state index in [2.05, 4.69) is 0 Å². The Morgan fingerprint density at radius 1 is 0.867 bits per heavy atom. The first kappa shape index (κ1) is 33.7. The van der Waals surface area contributed by atoms with E-state index in [1.54, 1.807) is 13.8 Å². The van der Waals surface area contributed by atoms with Crippen molar-refractivity contribution >= 4 is 29.8 Å². The molecule has 3 aliphatic heterocycles. The van der Waals surface area contributed by atoms with Gasteiger partial charge >= 0.3 is 29.8 Å². The summed E-state index contributed by atoms with van der Waals surface area (Å²) < 4.78 is 56.7. The first-order valence-corrected chi connectivity index (χ1v) is 14.1. The minimum atomic E-state index is -1.68. The number of cyclic esters (lactones) is 1. The lowest BCUT2D eigenvalue weighted by Gasteiger charge is -2.43.